The SMILES string of the molecule is Cc1[nH]ccc(=O)c1OCCN(C)C. The van der Waals surface area contributed by atoms with Crippen LogP contribution in [-0.4, -0.2) is 37.1 Å². The highest BCUT2D eigenvalue weighted by Gasteiger charge is 2.03. The fourth-order valence-corrected chi connectivity index (χ4v) is 1.08. The number of rotatable bonds is 4. The lowest BCUT2D eigenvalue weighted by Gasteiger charge is -2.11. The number of hydrogen-bond donors (Lipinski definition) is 1. The summed E-state index contributed by atoms with van der Waals surface area (Å²) in [5.74, 6) is 0.425. The second kappa shape index (κ2) is 4.81. The molecule has 0 bridgehead atoms. The van der Waals surface area contributed by atoms with Crippen molar-refractivity contribution in [3.05, 3.63) is 28.2 Å². The van der Waals surface area contributed by atoms with Crippen LogP contribution in [0.3, 0.4) is 0 Å². The lowest BCUT2D eigenvalue weighted by molar-refractivity contribution is 0.257. The second-order valence-corrected chi connectivity index (χ2v) is 3.45. The number of nitrogens with zero attached hydrogens (tertiary/aromatic N) is 1. The van der Waals surface area contributed by atoms with Gasteiger partial charge in [-0.15, -0.1) is 0 Å². The monoisotopic (exact) mass is 196 g/mol. The molecule has 0 aliphatic heterocycles. The molecule has 14 heavy (non-hydrogen) atoms. The van der Waals surface area contributed by atoms with Crippen LogP contribution in [0.15, 0.2) is 17.1 Å². The van der Waals surface area contributed by atoms with Gasteiger partial charge < -0.3 is 14.6 Å². The molecule has 0 radical (unpaired) electrons. The fourth-order valence-electron chi connectivity index (χ4n) is 1.08. The molecule has 1 aromatic heterocycles. The Morgan fingerprint density at radius 1 is 1.50 bits per heavy atom. The first-order valence-corrected chi connectivity index (χ1v) is 4.57. The molecule has 0 aliphatic rings. The Labute approximate surface area is 83.5 Å². The summed E-state index contributed by atoms with van der Waals surface area (Å²) in [5.41, 5.74) is 0.705. The van der Waals surface area contributed by atoms with Crippen molar-refractivity contribution in [2.24, 2.45) is 0 Å². The quantitative estimate of drug-likeness (QED) is 0.768. The molecule has 0 aromatic carbocycles. The Hall–Kier alpha value is -1.29. The highest BCUT2D eigenvalue weighted by Crippen LogP contribution is 2.06. The van der Waals surface area contributed by atoms with Crippen LogP contribution in [0, 0.1) is 6.92 Å². The molecular weight excluding hydrogens is 180 g/mol. The molecule has 0 atom stereocenters. The topological polar surface area (TPSA) is 45.3 Å². The second-order valence-electron chi connectivity index (χ2n) is 3.45. The number of aromatic nitrogens is 1. The van der Waals surface area contributed by atoms with Crippen LogP contribution in [0.1, 0.15) is 5.69 Å². The molecule has 0 amide bonds. The Bertz CT molecular complexity index is 344. The Morgan fingerprint density at radius 3 is 2.79 bits per heavy atom. The molecule has 0 saturated carbocycles. The predicted molar refractivity (Wildman–Crippen MR) is 55.8 cm³/mol. The van der Waals surface area contributed by atoms with Crippen molar-refractivity contribution in [2.75, 3.05) is 27.2 Å². The number of likely N-dealkylation sites (N-methyl/N-ethyl adjacent to an activating group) is 1. The third-order valence-electron chi connectivity index (χ3n) is 1.88. The van der Waals surface area contributed by atoms with Crippen molar-refractivity contribution >= 4 is 0 Å². The van der Waals surface area contributed by atoms with Crippen LogP contribution in [-0.2, 0) is 0 Å². The Morgan fingerprint density at radius 2 is 2.21 bits per heavy atom. The summed E-state index contributed by atoms with van der Waals surface area (Å²) in [6.07, 6.45) is 1.62. The standard InChI is InChI=1S/C10H16N2O2/c1-8-10(9(13)4-5-11-8)14-7-6-12(2)3/h4-5H,6-7H2,1-3H3,(H,11,13). The summed E-state index contributed by atoms with van der Waals surface area (Å²) in [7, 11) is 3.93. The lowest BCUT2D eigenvalue weighted by Crippen LogP contribution is -2.21. The number of ether oxygens (including phenoxy) is 1. The van der Waals surface area contributed by atoms with Crippen LogP contribution in [0.2, 0.25) is 0 Å². The van der Waals surface area contributed by atoms with Gasteiger partial charge in [-0.2, -0.15) is 0 Å². The van der Waals surface area contributed by atoms with E-state index >= 15 is 0 Å². The minimum Gasteiger partial charge on any atom is -0.486 e. The normalized spacial score (nSPS) is 10.6. The van der Waals surface area contributed by atoms with Gasteiger partial charge in [0.25, 0.3) is 0 Å². The Balaban J connectivity index is 2.63. The van der Waals surface area contributed by atoms with E-state index in [0.717, 1.165) is 12.2 Å². The third kappa shape index (κ3) is 2.88. The molecule has 0 aliphatic carbocycles. The smallest absolute Gasteiger partial charge is 0.223 e. The fraction of sp³-hybridized carbons (Fsp3) is 0.500. The molecule has 1 heterocycles. The average Bonchev–Trinajstić information content (AvgIpc) is 2.09. The van der Waals surface area contributed by atoms with E-state index in [2.05, 4.69) is 4.98 Å². The molecular formula is C10H16N2O2. The van der Waals surface area contributed by atoms with E-state index in [1.165, 1.54) is 6.07 Å². The van der Waals surface area contributed by atoms with Gasteiger partial charge in [-0.25, -0.2) is 0 Å². The number of nitrogens with one attached hydrogen (secondary N) is 1. The largest absolute Gasteiger partial charge is 0.486 e. The highest BCUT2D eigenvalue weighted by molar-refractivity contribution is 5.25. The number of hydrogen-bond acceptors (Lipinski definition) is 3. The lowest BCUT2D eigenvalue weighted by atomic mass is 10.3. The zero-order valence-electron chi connectivity index (χ0n) is 8.83. The minimum absolute atomic E-state index is 0.0694. The molecule has 0 fully saturated rings. The summed E-state index contributed by atoms with van der Waals surface area (Å²) in [6.45, 7) is 3.15. The van der Waals surface area contributed by atoms with Gasteiger partial charge in [-0.1, -0.05) is 0 Å². The predicted octanol–water partition coefficient (Wildman–Crippen LogP) is 0.624. The van der Waals surface area contributed by atoms with Gasteiger partial charge in [0.2, 0.25) is 5.43 Å². The van der Waals surface area contributed by atoms with Crippen molar-refractivity contribution in [2.45, 2.75) is 6.92 Å². The van der Waals surface area contributed by atoms with E-state index in [9.17, 15) is 4.79 Å². The number of aromatic amines is 1. The number of H-pyrrole nitrogens is 1. The minimum atomic E-state index is -0.0694. The number of pyridine rings is 1. The maximum atomic E-state index is 11.4. The molecule has 0 saturated heterocycles. The molecule has 78 valence electrons. The van der Waals surface area contributed by atoms with Gasteiger partial charge in [0.1, 0.15) is 6.61 Å². The van der Waals surface area contributed by atoms with E-state index in [1.807, 2.05) is 25.9 Å². The van der Waals surface area contributed by atoms with E-state index in [-0.39, 0.29) is 5.43 Å². The summed E-state index contributed by atoms with van der Waals surface area (Å²) < 4.78 is 5.39. The highest BCUT2D eigenvalue weighted by atomic mass is 16.5. The van der Waals surface area contributed by atoms with Crippen molar-refractivity contribution < 1.29 is 4.74 Å². The van der Waals surface area contributed by atoms with Crippen LogP contribution >= 0.6 is 0 Å². The van der Waals surface area contributed by atoms with E-state index in [4.69, 9.17) is 4.74 Å². The van der Waals surface area contributed by atoms with Crippen LogP contribution in [0.4, 0.5) is 0 Å². The Kier molecular flexibility index (Phi) is 3.71. The van der Waals surface area contributed by atoms with Crippen LogP contribution < -0.4 is 10.2 Å². The summed E-state index contributed by atoms with van der Waals surface area (Å²) in [6, 6.07) is 1.47. The van der Waals surface area contributed by atoms with Crippen LogP contribution in [0.5, 0.6) is 5.75 Å². The van der Waals surface area contributed by atoms with Crippen molar-refractivity contribution in [3.63, 3.8) is 0 Å². The van der Waals surface area contributed by atoms with Crippen molar-refractivity contribution in [1.29, 1.82) is 0 Å². The number of aryl methyl sites for hydroxylation is 1. The maximum absolute atomic E-state index is 11.4. The zero-order valence-corrected chi connectivity index (χ0v) is 8.83. The first-order chi connectivity index (χ1) is 6.61. The van der Waals surface area contributed by atoms with Gasteiger partial charge in [0.15, 0.2) is 5.75 Å². The zero-order chi connectivity index (χ0) is 10.6. The average molecular weight is 196 g/mol. The van der Waals surface area contributed by atoms with Crippen molar-refractivity contribution in [3.8, 4) is 5.75 Å². The van der Waals surface area contributed by atoms with Gasteiger partial charge in [0.05, 0.1) is 5.69 Å². The molecule has 1 aromatic rings. The summed E-state index contributed by atoms with van der Waals surface area (Å²) in [5, 5.41) is 0. The van der Waals surface area contributed by atoms with Gasteiger partial charge >= 0.3 is 0 Å². The van der Waals surface area contributed by atoms with E-state index in [0.29, 0.717) is 12.4 Å². The summed E-state index contributed by atoms with van der Waals surface area (Å²) >= 11 is 0. The van der Waals surface area contributed by atoms with E-state index < -0.39 is 0 Å². The molecule has 1 N–H and O–H groups in total. The third-order valence-corrected chi connectivity index (χ3v) is 1.88. The van der Waals surface area contributed by atoms with Gasteiger partial charge in [0, 0.05) is 18.8 Å². The molecule has 4 heteroatoms. The first kappa shape index (κ1) is 10.8. The molecule has 4 nitrogen and oxygen atoms in total. The molecule has 0 spiro atoms. The maximum Gasteiger partial charge on any atom is 0.223 e. The van der Waals surface area contributed by atoms with Crippen LogP contribution in [0.25, 0.3) is 0 Å². The van der Waals surface area contributed by atoms with E-state index in [1.54, 1.807) is 6.20 Å². The molecule has 1 rings (SSSR count). The van der Waals surface area contributed by atoms with Gasteiger partial charge in [-0.05, 0) is 21.0 Å². The summed E-state index contributed by atoms with van der Waals surface area (Å²) in [4.78, 5) is 16.3. The van der Waals surface area contributed by atoms with Crippen molar-refractivity contribution in [1.82, 2.24) is 9.88 Å². The van der Waals surface area contributed by atoms with Gasteiger partial charge in [-0.3, -0.25) is 4.79 Å². The first-order valence-electron chi connectivity index (χ1n) is 4.57. The molecule has 0 unspecified atom stereocenters.